The Morgan fingerprint density at radius 1 is 1.47 bits per heavy atom. The summed E-state index contributed by atoms with van der Waals surface area (Å²) in [6.45, 7) is 3.94. The summed E-state index contributed by atoms with van der Waals surface area (Å²) in [4.78, 5) is 10.6. The van der Waals surface area contributed by atoms with Gasteiger partial charge in [0.15, 0.2) is 0 Å². The van der Waals surface area contributed by atoms with Crippen LogP contribution in [0.4, 0.5) is 4.39 Å². The zero-order valence-electron chi connectivity index (χ0n) is 10.3. The van der Waals surface area contributed by atoms with Crippen molar-refractivity contribution in [2.24, 2.45) is 0 Å². The first-order chi connectivity index (χ1) is 7.95. The average molecular weight is 240 g/mol. The van der Waals surface area contributed by atoms with Gasteiger partial charge in [-0.15, -0.1) is 0 Å². The zero-order valence-corrected chi connectivity index (χ0v) is 10.3. The molecule has 0 aliphatic heterocycles. The number of ether oxygens (including phenoxy) is 1. The number of aryl methyl sites for hydroxylation is 1. The molecule has 17 heavy (non-hydrogen) atoms. The maximum absolute atomic E-state index is 13.4. The minimum Gasteiger partial charge on any atom is -0.496 e. The van der Waals surface area contributed by atoms with Crippen LogP contribution in [-0.2, 0) is 11.2 Å². The highest BCUT2D eigenvalue weighted by atomic mass is 19.1. The normalized spacial score (nSPS) is 10.6. The van der Waals surface area contributed by atoms with Crippen molar-refractivity contribution >= 4 is 5.97 Å². The van der Waals surface area contributed by atoms with Crippen LogP contribution in [0.1, 0.15) is 37.3 Å². The third kappa shape index (κ3) is 3.44. The van der Waals surface area contributed by atoms with Crippen molar-refractivity contribution in [3.8, 4) is 5.75 Å². The van der Waals surface area contributed by atoms with Crippen LogP contribution in [0, 0.1) is 5.82 Å². The predicted octanol–water partition coefficient (Wildman–Crippen LogP) is 2.97. The molecule has 0 amide bonds. The van der Waals surface area contributed by atoms with Gasteiger partial charge in [0, 0.05) is 18.1 Å². The van der Waals surface area contributed by atoms with Crippen molar-refractivity contribution in [1.29, 1.82) is 0 Å². The molecule has 94 valence electrons. The van der Waals surface area contributed by atoms with E-state index in [-0.39, 0.29) is 12.3 Å². The van der Waals surface area contributed by atoms with Gasteiger partial charge < -0.3 is 9.84 Å². The molecule has 0 bridgehead atoms. The van der Waals surface area contributed by atoms with Gasteiger partial charge in [-0.2, -0.15) is 0 Å². The van der Waals surface area contributed by atoms with Crippen LogP contribution in [0.5, 0.6) is 5.75 Å². The third-order valence-corrected chi connectivity index (χ3v) is 2.60. The van der Waals surface area contributed by atoms with Crippen LogP contribution in [0.15, 0.2) is 12.1 Å². The molecule has 0 aliphatic rings. The van der Waals surface area contributed by atoms with Gasteiger partial charge >= 0.3 is 5.97 Å². The van der Waals surface area contributed by atoms with E-state index >= 15 is 0 Å². The number of carboxylic acid groups (broad SMARTS) is 1. The second-order valence-electron chi connectivity index (χ2n) is 4.23. The Balaban J connectivity index is 3.15. The molecule has 0 aliphatic carbocycles. The molecule has 0 aromatic heterocycles. The molecule has 3 nitrogen and oxygen atoms in total. The smallest absolute Gasteiger partial charge is 0.303 e. The number of carboxylic acids is 1. The Labute approximate surface area is 100 Å². The molecule has 1 N–H and O–H groups in total. The average Bonchev–Trinajstić information content (AvgIpc) is 2.24. The fourth-order valence-electron chi connectivity index (χ4n) is 1.92. The van der Waals surface area contributed by atoms with Crippen molar-refractivity contribution < 1.29 is 19.0 Å². The van der Waals surface area contributed by atoms with Gasteiger partial charge in [0.25, 0.3) is 0 Å². The maximum atomic E-state index is 13.4. The van der Waals surface area contributed by atoms with Crippen LogP contribution in [-0.4, -0.2) is 18.2 Å². The molecule has 0 saturated carbocycles. The van der Waals surface area contributed by atoms with Crippen molar-refractivity contribution in [3.63, 3.8) is 0 Å². The third-order valence-electron chi connectivity index (χ3n) is 2.60. The fraction of sp³-hybridized carbons (Fsp3) is 0.462. The van der Waals surface area contributed by atoms with Gasteiger partial charge in [-0.25, -0.2) is 4.39 Å². The Bertz CT molecular complexity index is 413. The van der Waals surface area contributed by atoms with E-state index < -0.39 is 11.8 Å². The lowest BCUT2D eigenvalue weighted by atomic mass is 9.93. The molecule has 0 heterocycles. The van der Waals surface area contributed by atoms with Gasteiger partial charge in [0.2, 0.25) is 0 Å². The van der Waals surface area contributed by atoms with Crippen molar-refractivity contribution in [2.75, 3.05) is 7.11 Å². The Kier molecular flexibility index (Phi) is 4.49. The molecular formula is C13H17FO3. The van der Waals surface area contributed by atoms with Crippen molar-refractivity contribution in [1.82, 2.24) is 0 Å². The maximum Gasteiger partial charge on any atom is 0.303 e. The summed E-state index contributed by atoms with van der Waals surface area (Å²) < 4.78 is 18.5. The molecule has 1 aromatic rings. The van der Waals surface area contributed by atoms with Gasteiger partial charge in [-0.3, -0.25) is 4.79 Å². The molecule has 4 heteroatoms. The summed E-state index contributed by atoms with van der Waals surface area (Å²) in [6.07, 6.45) is 0.309. The molecule has 0 fully saturated rings. The Morgan fingerprint density at radius 2 is 2.12 bits per heavy atom. The number of hydrogen-bond donors (Lipinski definition) is 1. The molecule has 0 spiro atoms. The second-order valence-corrected chi connectivity index (χ2v) is 4.23. The van der Waals surface area contributed by atoms with E-state index in [1.165, 1.54) is 19.2 Å². The van der Waals surface area contributed by atoms with Gasteiger partial charge in [-0.05, 0) is 24.0 Å². The van der Waals surface area contributed by atoms with E-state index in [0.717, 1.165) is 5.56 Å². The molecule has 0 unspecified atom stereocenters. The highest BCUT2D eigenvalue weighted by Crippen LogP contribution is 2.31. The monoisotopic (exact) mass is 240 g/mol. The van der Waals surface area contributed by atoms with Crippen molar-refractivity contribution in [3.05, 3.63) is 29.1 Å². The first kappa shape index (κ1) is 13.5. The fourth-order valence-corrected chi connectivity index (χ4v) is 1.92. The molecule has 0 saturated heterocycles. The zero-order chi connectivity index (χ0) is 13.0. The molecule has 0 radical (unpaired) electrons. The topological polar surface area (TPSA) is 46.5 Å². The van der Waals surface area contributed by atoms with E-state index in [1.807, 2.05) is 13.8 Å². The van der Waals surface area contributed by atoms with E-state index in [2.05, 4.69) is 0 Å². The quantitative estimate of drug-likeness (QED) is 0.860. The van der Waals surface area contributed by atoms with Crippen LogP contribution in [0.2, 0.25) is 0 Å². The molecular weight excluding hydrogens is 223 g/mol. The van der Waals surface area contributed by atoms with E-state index in [4.69, 9.17) is 9.84 Å². The number of rotatable bonds is 5. The minimum atomic E-state index is -0.886. The molecule has 0 atom stereocenters. The second kappa shape index (κ2) is 5.66. The predicted molar refractivity (Wildman–Crippen MR) is 63.0 cm³/mol. The SMILES string of the molecule is COc1cc(F)cc(CCC(=O)O)c1C(C)C. The minimum absolute atomic E-state index is 0.00761. The van der Waals surface area contributed by atoms with Crippen LogP contribution >= 0.6 is 0 Å². The van der Waals surface area contributed by atoms with Crippen LogP contribution in [0.25, 0.3) is 0 Å². The van der Waals surface area contributed by atoms with Crippen LogP contribution in [0.3, 0.4) is 0 Å². The highest BCUT2D eigenvalue weighted by Gasteiger charge is 2.15. The number of halogens is 1. The van der Waals surface area contributed by atoms with Gasteiger partial charge in [0.05, 0.1) is 7.11 Å². The summed E-state index contributed by atoms with van der Waals surface area (Å²) in [5.74, 6) is -0.635. The van der Waals surface area contributed by atoms with Crippen molar-refractivity contribution in [2.45, 2.75) is 32.6 Å². The largest absolute Gasteiger partial charge is 0.496 e. The Hall–Kier alpha value is -1.58. The number of methoxy groups -OCH3 is 1. The first-order valence-electron chi connectivity index (χ1n) is 5.53. The summed E-state index contributed by atoms with van der Waals surface area (Å²) >= 11 is 0. The number of hydrogen-bond acceptors (Lipinski definition) is 2. The standard InChI is InChI=1S/C13H17FO3/c1-8(2)13-9(4-5-12(15)16)6-10(14)7-11(13)17-3/h6-8H,4-5H2,1-3H3,(H,15,16). The summed E-state index contributed by atoms with van der Waals surface area (Å²) in [5.41, 5.74) is 1.59. The lowest BCUT2D eigenvalue weighted by molar-refractivity contribution is -0.136. The van der Waals surface area contributed by atoms with Gasteiger partial charge in [-0.1, -0.05) is 13.8 Å². The highest BCUT2D eigenvalue weighted by molar-refractivity contribution is 5.67. The Morgan fingerprint density at radius 3 is 2.59 bits per heavy atom. The first-order valence-corrected chi connectivity index (χ1v) is 5.53. The lowest BCUT2D eigenvalue weighted by Crippen LogP contribution is -2.05. The van der Waals surface area contributed by atoms with E-state index in [1.54, 1.807) is 0 Å². The summed E-state index contributed by atoms with van der Waals surface area (Å²) in [5, 5.41) is 8.68. The lowest BCUT2D eigenvalue weighted by Gasteiger charge is -2.16. The molecule has 1 aromatic carbocycles. The number of carbonyl (C=O) groups is 1. The van der Waals surface area contributed by atoms with E-state index in [9.17, 15) is 9.18 Å². The van der Waals surface area contributed by atoms with Crippen LogP contribution < -0.4 is 4.74 Å². The van der Waals surface area contributed by atoms with Gasteiger partial charge in [0.1, 0.15) is 11.6 Å². The molecule has 1 rings (SSSR count). The number of benzene rings is 1. The van der Waals surface area contributed by atoms with E-state index in [0.29, 0.717) is 17.7 Å². The summed E-state index contributed by atoms with van der Waals surface area (Å²) in [6, 6.07) is 2.72. The summed E-state index contributed by atoms with van der Waals surface area (Å²) in [7, 11) is 1.49. The number of aliphatic carboxylic acids is 1.